The number of rotatable bonds is 56. The summed E-state index contributed by atoms with van der Waals surface area (Å²) in [5.41, 5.74) is 0. The van der Waals surface area contributed by atoms with Crippen molar-refractivity contribution >= 4 is 11.9 Å². The summed E-state index contributed by atoms with van der Waals surface area (Å²) < 4.78 is 17.6. The van der Waals surface area contributed by atoms with Gasteiger partial charge in [-0.3, -0.25) is 9.59 Å². The number of carbonyl (C=O) groups is 2. The Labute approximate surface area is 490 Å². The molecule has 0 bridgehead atoms. The highest BCUT2D eigenvalue weighted by atomic mass is 16.7. The van der Waals surface area contributed by atoms with Crippen molar-refractivity contribution in [2.24, 2.45) is 0 Å². The van der Waals surface area contributed by atoms with E-state index in [2.05, 4.69) is 86.8 Å². The summed E-state index contributed by atoms with van der Waals surface area (Å²) in [6.45, 7) is 5.69. The molecule has 1 heterocycles. The molecule has 8 unspecified atom stereocenters. The molecule has 0 aromatic rings. The molecule has 1 aliphatic rings. The smallest absolute Gasteiger partial charge is 0.306 e. The largest absolute Gasteiger partial charge is 0.454 e. The van der Waals surface area contributed by atoms with E-state index in [9.17, 15) is 35.1 Å². The van der Waals surface area contributed by atoms with Gasteiger partial charge in [0.15, 0.2) is 12.4 Å². The predicted octanol–water partition coefficient (Wildman–Crippen LogP) is 16.3. The second-order valence-electron chi connectivity index (χ2n) is 22.8. The van der Waals surface area contributed by atoms with Gasteiger partial charge in [-0.1, -0.05) is 286 Å². The second kappa shape index (κ2) is 56.6. The molecule has 0 saturated carbocycles. The van der Waals surface area contributed by atoms with Crippen LogP contribution in [0.25, 0.3) is 0 Å². The minimum Gasteiger partial charge on any atom is -0.454 e. The molecular formula is C69H123NO10. The molecule has 0 aliphatic carbocycles. The fourth-order valence-corrected chi connectivity index (χ4v) is 10.1. The number of hydrogen-bond donors (Lipinski definition) is 6. The predicted molar refractivity (Wildman–Crippen MR) is 333 cm³/mol. The first-order valence-corrected chi connectivity index (χ1v) is 33.2. The van der Waals surface area contributed by atoms with Crippen LogP contribution in [0.2, 0.25) is 0 Å². The zero-order valence-corrected chi connectivity index (χ0v) is 51.4. The second-order valence-corrected chi connectivity index (χ2v) is 22.8. The number of hydrogen-bond acceptors (Lipinski definition) is 10. The summed E-state index contributed by atoms with van der Waals surface area (Å²) in [5.74, 6) is -1.19. The van der Waals surface area contributed by atoms with E-state index in [0.717, 1.165) is 96.3 Å². The molecule has 1 fully saturated rings. The molecule has 1 amide bonds. The van der Waals surface area contributed by atoms with E-state index in [0.29, 0.717) is 12.8 Å². The molecule has 6 N–H and O–H groups in total. The number of amides is 1. The van der Waals surface area contributed by atoms with Gasteiger partial charge in [0.05, 0.1) is 25.4 Å². The van der Waals surface area contributed by atoms with E-state index in [4.69, 9.17) is 14.2 Å². The van der Waals surface area contributed by atoms with Gasteiger partial charge in [-0.15, -0.1) is 0 Å². The van der Waals surface area contributed by atoms with E-state index in [-0.39, 0.29) is 19.4 Å². The molecule has 1 aliphatic heterocycles. The molecule has 8 atom stereocenters. The Kier molecular flexibility index (Phi) is 53.1. The molecule has 0 aromatic carbocycles. The Hall–Kier alpha value is -2.90. The first-order valence-electron chi connectivity index (χ1n) is 33.2. The van der Waals surface area contributed by atoms with Crippen molar-refractivity contribution in [1.82, 2.24) is 5.32 Å². The van der Waals surface area contributed by atoms with Crippen LogP contribution in [0.4, 0.5) is 0 Å². The van der Waals surface area contributed by atoms with Gasteiger partial charge in [-0.2, -0.15) is 0 Å². The van der Waals surface area contributed by atoms with Crippen LogP contribution in [-0.4, -0.2) is 99.6 Å². The molecule has 0 radical (unpaired) electrons. The highest BCUT2D eigenvalue weighted by Crippen LogP contribution is 2.26. The lowest BCUT2D eigenvalue weighted by atomic mass is 9.99. The molecule has 0 aromatic heterocycles. The third-order valence-corrected chi connectivity index (χ3v) is 15.4. The summed E-state index contributed by atoms with van der Waals surface area (Å²) >= 11 is 0. The van der Waals surface area contributed by atoms with Gasteiger partial charge in [0.1, 0.15) is 24.4 Å². The maximum absolute atomic E-state index is 13.5. The number of nitrogens with one attached hydrogen (secondary N) is 1. The van der Waals surface area contributed by atoms with Crippen molar-refractivity contribution in [3.8, 4) is 0 Å². The van der Waals surface area contributed by atoms with E-state index in [1.165, 1.54) is 148 Å². The van der Waals surface area contributed by atoms with Crippen LogP contribution in [0.1, 0.15) is 290 Å². The van der Waals surface area contributed by atoms with Crippen molar-refractivity contribution in [3.05, 3.63) is 72.9 Å². The Bertz CT molecular complexity index is 1580. The number of esters is 1. The molecular weight excluding hydrogens is 1000 g/mol. The quantitative estimate of drug-likeness (QED) is 0.0195. The van der Waals surface area contributed by atoms with Crippen LogP contribution in [0.3, 0.4) is 0 Å². The third-order valence-electron chi connectivity index (χ3n) is 15.4. The highest BCUT2D eigenvalue weighted by molar-refractivity contribution is 5.80. The number of carbonyl (C=O) groups excluding carboxylic acids is 2. The zero-order chi connectivity index (χ0) is 58.2. The average molecular weight is 1130 g/mol. The normalized spacial score (nSPS) is 19.2. The van der Waals surface area contributed by atoms with Crippen molar-refractivity contribution in [3.63, 3.8) is 0 Å². The van der Waals surface area contributed by atoms with Crippen LogP contribution in [-0.2, 0) is 23.8 Å². The molecule has 1 saturated heterocycles. The average Bonchev–Trinajstić information content (AvgIpc) is 3.46. The lowest BCUT2D eigenvalue weighted by molar-refractivity contribution is -0.305. The Morgan fingerprint density at radius 1 is 0.500 bits per heavy atom. The highest BCUT2D eigenvalue weighted by Gasteiger charge is 2.47. The summed E-state index contributed by atoms with van der Waals surface area (Å²) in [4.78, 5) is 26.6. The minimum atomic E-state index is -1.61. The molecule has 11 heteroatoms. The van der Waals surface area contributed by atoms with Gasteiger partial charge < -0.3 is 45.1 Å². The number of aliphatic hydroxyl groups is 5. The molecule has 80 heavy (non-hydrogen) atoms. The maximum atomic E-state index is 13.5. The number of ether oxygens (including phenoxy) is 3. The Balaban J connectivity index is 2.62. The lowest BCUT2D eigenvalue weighted by Gasteiger charge is -2.41. The maximum Gasteiger partial charge on any atom is 0.306 e. The van der Waals surface area contributed by atoms with Crippen LogP contribution in [0.15, 0.2) is 72.9 Å². The van der Waals surface area contributed by atoms with Gasteiger partial charge in [0.2, 0.25) is 5.91 Å². The minimum absolute atomic E-state index is 0.125. The van der Waals surface area contributed by atoms with Crippen LogP contribution >= 0.6 is 0 Å². The van der Waals surface area contributed by atoms with Crippen molar-refractivity contribution in [2.45, 2.75) is 339 Å². The summed E-state index contributed by atoms with van der Waals surface area (Å²) in [5, 5.41) is 57.1. The lowest BCUT2D eigenvalue weighted by Crippen LogP contribution is -2.61. The monoisotopic (exact) mass is 1130 g/mol. The Morgan fingerprint density at radius 2 is 0.900 bits per heavy atom. The van der Waals surface area contributed by atoms with Crippen molar-refractivity contribution < 1.29 is 49.3 Å². The van der Waals surface area contributed by atoms with E-state index < -0.39 is 67.4 Å². The van der Waals surface area contributed by atoms with Gasteiger partial charge in [-0.25, -0.2) is 0 Å². The van der Waals surface area contributed by atoms with E-state index in [1.54, 1.807) is 6.08 Å². The summed E-state index contributed by atoms with van der Waals surface area (Å²) in [6, 6.07) is -1.03. The fraction of sp³-hybridized carbons (Fsp3) is 0.797. The van der Waals surface area contributed by atoms with Gasteiger partial charge >= 0.3 is 5.97 Å². The summed E-state index contributed by atoms with van der Waals surface area (Å²) in [7, 11) is 0. The zero-order valence-electron chi connectivity index (χ0n) is 51.4. The third kappa shape index (κ3) is 43.7. The van der Waals surface area contributed by atoms with E-state index in [1.807, 2.05) is 6.08 Å². The topological polar surface area (TPSA) is 175 Å². The summed E-state index contributed by atoms with van der Waals surface area (Å²) in [6.07, 6.45) is 62.2. The Morgan fingerprint density at radius 3 is 1.35 bits per heavy atom. The number of unbranched alkanes of at least 4 members (excludes halogenated alkanes) is 32. The standard InChI is InChI=1S/C69H123NO10/c1-4-7-10-13-16-19-22-25-27-28-29-30-31-32-33-34-35-37-38-41-44-47-50-53-56-62(73)68(77)70-60(61(72)55-52-49-46-43-40-24-21-18-15-12-9-6-3)59-78-69-67(66(76)65(75)63(58-71)79-69)80-64(74)57-54-51-48-45-42-39-36-26-23-20-17-14-11-8-5-2/h7,10,16,19,25,27,29-30,32-33,52,55,60-63,65-67,69,71-73,75-76H,4-6,8-9,11-15,17-18,20-24,26,28,31,34-51,53-54,56-59H2,1-3H3,(H,70,77)/b10-7-,19-16-,27-25-,30-29-,33-32-,55-52+. The van der Waals surface area contributed by atoms with Crippen molar-refractivity contribution in [1.29, 1.82) is 0 Å². The van der Waals surface area contributed by atoms with Crippen LogP contribution in [0, 0.1) is 0 Å². The van der Waals surface area contributed by atoms with Crippen LogP contribution < -0.4 is 5.32 Å². The van der Waals surface area contributed by atoms with Crippen molar-refractivity contribution in [2.75, 3.05) is 13.2 Å². The fourth-order valence-electron chi connectivity index (χ4n) is 10.1. The first-order chi connectivity index (χ1) is 39.2. The van der Waals surface area contributed by atoms with Gasteiger partial charge in [-0.05, 0) is 70.6 Å². The molecule has 0 spiro atoms. The number of aliphatic hydroxyl groups excluding tert-OH is 5. The molecule has 11 nitrogen and oxygen atoms in total. The van der Waals surface area contributed by atoms with Gasteiger partial charge in [0.25, 0.3) is 0 Å². The number of allylic oxidation sites excluding steroid dienone is 11. The SMILES string of the molecule is CC/C=C\C/C=C\C/C=C\C/C=C\C/C=C\CCCCCCCCCCC(O)C(=O)NC(COC1OC(CO)C(O)C(O)C1OC(=O)CCCCCCCCCCCCCCCCC)C(O)/C=C/CCCCCCCCCCCC. The molecule has 1 rings (SSSR count). The first kappa shape index (κ1) is 75.1. The van der Waals surface area contributed by atoms with E-state index >= 15 is 0 Å². The van der Waals surface area contributed by atoms with Crippen LogP contribution in [0.5, 0.6) is 0 Å². The van der Waals surface area contributed by atoms with Gasteiger partial charge in [0, 0.05) is 6.42 Å². The molecule has 464 valence electrons.